The number of rotatable bonds is 2. The normalized spacial score (nSPS) is 31.2. The average molecular weight is 206 g/mol. The minimum absolute atomic E-state index is 0.0313. The molecule has 1 saturated carbocycles. The minimum atomic E-state index is -0.304. The number of para-hydroxylation sites is 1. The van der Waals surface area contributed by atoms with Crippen LogP contribution < -0.4 is 4.74 Å². The maximum Gasteiger partial charge on any atom is 0.125 e. The minimum Gasteiger partial charge on any atom is -0.488 e. The van der Waals surface area contributed by atoms with Gasteiger partial charge in [-0.2, -0.15) is 0 Å². The predicted octanol–water partition coefficient (Wildman–Crippen LogP) is 2.61. The smallest absolute Gasteiger partial charge is 0.125 e. The summed E-state index contributed by atoms with van der Waals surface area (Å²) in [6, 6.07) is 9.74. The van der Waals surface area contributed by atoms with Crippen molar-refractivity contribution in [2.45, 2.75) is 38.4 Å². The van der Waals surface area contributed by atoms with Crippen molar-refractivity contribution in [3.8, 4) is 5.75 Å². The van der Waals surface area contributed by atoms with Crippen LogP contribution in [-0.4, -0.2) is 17.3 Å². The van der Waals surface area contributed by atoms with Crippen LogP contribution in [0.1, 0.15) is 26.2 Å². The Hall–Kier alpha value is -1.02. The Morgan fingerprint density at radius 2 is 1.93 bits per heavy atom. The molecule has 0 spiro atoms. The lowest BCUT2D eigenvalue weighted by molar-refractivity contribution is -0.00758. The van der Waals surface area contributed by atoms with Crippen LogP contribution >= 0.6 is 0 Å². The van der Waals surface area contributed by atoms with Crippen LogP contribution in [0.4, 0.5) is 0 Å². The third-order valence-corrected chi connectivity index (χ3v) is 3.05. The first-order valence-corrected chi connectivity index (χ1v) is 5.65. The second kappa shape index (κ2) is 4.67. The summed E-state index contributed by atoms with van der Waals surface area (Å²) in [5, 5.41) is 9.82. The molecule has 2 nitrogen and oxygen atoms in total. The Kier molecular flexibility index (Phi) is 3.27. The van der Waals surface area contributed by atoms with Gasteiger partial charge < -0.3 is 9.84 Å². The lowest BCUT2D eigenvalue weighted by Crippen LogP contribution is -2.37. The molecular formula is C13H18O2. The molecule has 15 heavy (non-hydrogen) atoms. The highest BCUT2D eigenvalue weighted by molar-refractivity contribution is 5.21. The van der Waals surface area contributed by atoms with E-state index in [1.54, 1.807) is 0 Å². The van der Waals surface area contributed by atoms with Crippen molar-refractivity contribution in [2.24, 2.45) is 5.92 Å². The summed E-state index contributed by atoms with van der Waals surface area (Å²) in [7, 11) is 0. The van der Waals surface area contributed by atoms with Crippen molar-refractivity contribution in [2.75, 3.05) is 0 Å². The van der Waals surface area contributed by atoms with Gasteiger partial charge in [0.15, 0.2) is 0 Å². The van der Waals surface area contributed by atoms with Gasteiger partial charge in [0.25, 0.3) is 0 Å². The standard InChI is InChI=1S/C13H18O2/c1-10-7-8-12(14)13(9-10)15-11-5-3-2-4-6-11/h2-6,10,12-14H,7-9H2,1H3. The van der Waals surface area contributed by atoms with Crippen molar-refractivity contribution >= 4 is 0 Å². The molecule has 0 aromatic heterocycles. The van der Waals surface area contributed by atoms with Crippen molar-refractivity contribution < 1.29 is 9.84 Å². The van der Waals surface area contributed by atoms with Crippen molar-refractivity contribution in [3.05, 3.63) is 30.3 Å². The van der Waals surface area contributed by atoms with E-state index < -0.39 is 0 Å². The van der Waals surface area contributed by atoms with E-state index in [1.807, 2.05) is 30.3 Å². The number of aliphatic hydroxyl groups is 1. The van der Waals surface area contributed by atoms with E-state index in [9.17, 15) is 5.11 Å². The molecule has 1 aliphatic carbocycles. The monoisotopic (exact) mass is 206 g/mol. The van der Waals surface area contributed by atoms with E-state index in [2.05, 4.69) is 6.92 Å². The Morgan fingerprint density at radius 3 is 2.67 bits per heavy atom. The lowest BCUT2D eigenvalue weighted by Gasteiger charge is -2.31. The molecule has 82 valence electrons. The second-order valence-corrected chi connectivity index (χ2v) is 4.45. The van der Waals surface area contributed by atoms with Crippen molar-refractivity contribution in [3.63, 3.8) is 0 Å². The Labute approximate surface area is 90.9 Å². The summed E-state index contributed by atoms with van der Waals surface area (Å²) in [4.78, 5) is 0. The van der Waals surface area contributed by atoms with Crippen molar-refractivity contribution in [1.82, 2.24) is 0 Å². The summed E-state index contributed by atoms with van der Waals surface area (Å²) in [6.45, 7) is 2.22. The van der Waals surface area contributed by atoms with Gasteiger partial charge in [0.1, 0.15) is 11.9 Å². The van der Waals surface area contributed by atoms with E-state index >= 15 is 0 Å². The molecule has 1 N–H and O–H groups in total. The number of ether oxygens (including phenoxy) is 1. The first kappa shape index (κ1) is 10.5. The molecule has 1 aliphatic rings. The molecule has 0 saturated heterocycles. The van der Waals surface area contributed by atoms with E-state index in [0.29, 0.717) is 5.92 Å². The highest BCUT2D eigenvalue weighted by Crippen LogP contribution is 2.27. The zero-order chi connectivity index (χ0) is 10.7. The Bertz CT molecular complexity index is 297. The van der Waals surface area contributed by atoms with Gasteiger partial charge in [0.05, 0.1) is 6.10 Å². The molecule has 0 amide bonds. The van der Waals surface area contributed by atoms with Crippen LogP contribution in [0, 0.1) is 5.92 Å². The maximum absolute atomic E-state index is 9.82. The number of benzene rings is 1. The molecule has 2 heteroatoms. The van der Waals surface area contributed by atoms with E-state index in [0.717, 1.165) is 25.0 Å². The molecule has 1 fully saturated rings. The summed E-state index contributed by atoms with van der Waals surface area (Å²) in [6.07, 6.45) is 2.59. The Balaban J connectivity index is 1.98. The van der Waals surface area contributed by atoms with Crippen LogP contribution in [0.3, 0.4) is 0 Å². The quantitative estimate of drug-likeness (QED) is 0.806. The summed E-state index contributed by atoms with van der Waals surface area (Å²) in [5.74, 6) is 1.51. The SMILES string of the molecule is CC1CCC(O)C(Oc2ccccc2)C1. The van der Waals surface area contributed by atoms with E-state index in [-0.39, 0.29) is 12.2 Å². The average Bonchev–Trinajstić information content (AvgIpc) is 2.25. The third kappa shape index (κ3) is 2.72. The summed E-state index contributed by atoms with van der Waals surface area (Å²) >= 11 is 0. The van der Waals surface area contributed by atoms with Gasteiger partial charge in [-0.3, -0.25) is 0 Å². The molecular weight excluding hydrogens is 188 g/mol. The van der Waals surface area contributed by atoms with E-state index in [4.69, 9.17) is 4.74 Å². The molecule has 0 radical (unpaired) electrons. The van der Waals surface area contributed by atoms with Crippen LogP contribution in [0.25, 0.3) is 0 Å². The first-order chi connectivity index (χ1) is 7.25. The van der Waals surface area contributed by atoms with Gasteiger partial charge in [-0.05, 0) is 37.3 Å². The summed E-state index contributed by atoms with van der Waals surface area (Å²) < 4.78 is 5.79. The first-order valence-electron chi connectivity index (χ1n) is 5.65. The molecule has 0 aliphatic heterocycles. The predicted molar refractivity (Wildman–Crippen MR) is 59.9 cm³/mol. The topological polar surface area (TPSA) is 29.5 Å². The fourth-order valence-electron chi connectivity index (χ4n) is 2.11. The zero-order valence-corrected chi connectivity index (χ0v) is 9.10. The highest BCUT2D eigenvalue weighted by Gasteiger charge is 2.28. The fraction of sp³-hybridized carbons (Fsp3) is 0.538. The number of hydrogen-bond acceptors (Lipinski definition) is 2. The molecule has 3 atom stereocenters. The molecule has 1 aromatic rings. The highest BCUT2D eigenvalue weighted by atomic mass is 16.5. The molecule has 0 heterocycles. The van der Waals surface area contributed by atoms with Gasteiger partial charge in [0.2, 0.25) is 0 Å². The Morgan fingerprint density at radius 1 is 1.20 bits per heavy atom. The number of hydrogen-bond donors (Lipinski definition) is 1. The molecule has 0 bridgehead atoms. The largest absolute Gasteiger partial charge is 0.488 e. The van der Waals surface area contributed by atoms with Gasteiger partial charge in [-0.15, -0.1) is 0 Å². The zero-order valence-electron chi connectivity index (χ0n) is 9.10. The van der Waals surface area contributed by atoms with Gasteiger partial charge >= 0.3 is 0 Å². The maximum atomic E-state index is 9.82. The van der Waals surface area contributed by atoms with Crippen LogP contribution in [0.15, 0.2) is 30.3 Å². The third-order valence-electron chi connectivity index (χ3n) is 3.05. The summed E-state index contributed by atoms with van der Waals surface area (Å²) in [5.41, 5.74) is 0. The van der Waals surface area contributed by atoms with Gasteiger partial charge in [-0.1, -0.05) is 25.1 Å². The van der Waals surface area contributed by atoms with Gasteiger partial charge in [0, 0.05) is 0 Å². The van der Waals surface area contributed by atoms with Crippen LogP contribution in [0.5, 0.6) is 5.75 Å². The molecule has 3 unspecified atom stereocenters. The number of aliphatic hydroxyl groups excluding tert-OH is 1. The van der Waals surface area contributed by atoms with Crippen molar-refractivity contribution in [1.29, 1.82) is 0 Å². The van der Waals surface area contributed by atoms with Gasteiger partial charge in [-0.25, -0.2) is 0 Å². The second-order valence-electron chi connectivity index (χ2n) is 4.45. The van der Waals surface area contributed by atoms with Crippen LogP contribution in [0.2, 0.25) is 0 Å². The lowest BCUT2D eigenvalue weighted by atomic mass is 9.86. The van der Waals surface area contributed by atoms with Crippen LogP contribution in [-0.2, 0) is 0 Å². The molecule has 1 aromatic carbocycles. The molecule has 2 rings (SSSR count). The fourth-order valence-corrected chi connectivity index (χ4v) is 2.11. The van der Waals surface area contributed by atoms with E-state index in [1.165, 1.54) is 0 Å².